The largest absolute Gasteiger partial charge is 0.275 e. The summed E-state index contributed by atoms with van der Waals surface area (Å²) in [5.74, 6) is -0.451. The number of benzene rings is 1. The molecule has 3 rings (SSSR count). The Labute approximate surface area is 115 Å². The van der Waals surface area contributed by atoms with Crippen LogP contribution in [0.25, 0.3) is 0 Å². The highest BCUT2D eigenvalue weighted by molar-refractivity contribution is 6.19. The van der Waals surface area contributed by atoms with Crippen molar-refractivity contribution in [2.24, 2.45) is 12.1 Å². The predicted octanol–water partition coefficient (Wildman–Crippen LogP) is 2.01. The maximum absolute atomic E-state index is 13.1. The number of halogens is 1. The summed E-state index contributed by atoms with van der Waals surface area (Å²) < 4.78 is 14.8. The van der Waals surface area contributed by atoms with Gasteiger partial charge in [-0.1, -0.05) is 0 Å². The van der Waals surface area contributed by atoms with Gasteiger partial charge in [0.05, 0.1) is 24.0 Å². The van der Waals surface area contributed by atoms with Crippen LogP contribution in [-0.2, 0) is 11.8 Å². The molecule has 0 N–H and O–H groups in total. The third-order valence-electron chi connectivity index (χ3n) is 3.20. The predicted molar refractivity (Wildman–Crippen MR) is 73.0 cm³/mol. The fraction of sp³-hybridized carbons (Fsp3) is 0.214. The molecule has 5 nitrogen and oxygen atoms in total. The minimum absolute atomic E-state index is 0.126. The van der Waals surface area contributed by atoms with E-state index in [1.165, 1.54) is 17.1 Å². The van der Waals surface area contributed by atoms with Crippen molar-refractivity contribution in [3.05, 3.63) is 47.5 Å². The van der Waals surface area contributed by atoms with Crippen LogP contribution in [0.3, 0.4) is 0 Å². The van der Waals surface area contributed by atoms with Gasteiger partial charge in [0.2, 0.25) is 0 Å². The van der Waals surface area contributed by atoms with Gasteiger partial charge in [-0.25, -0.2) is 4.39 Å². The van der Waals surface area contributed by atoms with E-state index in [-0.39, 0.29) is 18.1 Å². The number of amides is 1. The van der Waals surface area contributed by atoms with Gasteiger partial charge in [0.1, 0.15) is 5.82 Å². The van der Waals surface area contributed by atoms with Gasteiger partial charge in [-0.15, -0.1) is 0 Å². The van der Waals surface area contributed by atoms with Crippen molar-refractivity contribution in [2.75, 3.05) is 5.01 Å². The zero-order valence-electron chi connectivity index (χ0n) is 11.2. The molecular formula is C14H13FN4O. The monoisotopic (exact) mass is 272 g/mol. The Kier molecular flexibility index (Phi) is 2.85. The average Bonchev–Trinajstić information content (AvgIpc) is 2.96. The molecule has 0 saturated heterocycles. The quantitative estimate of drug-likeness (QED) is 0.839. The molecule has 102 valence electrons. The Balaban J connectivity index is 1.98. The van der Waals surface area contributed by atoms with Crippen molar-refractivity contribution in [3.63, 3.8) is 0 Å². The molecule has 2 heterocycles. The number of aromatic nitrogens is 2. The molecular weight excluding hydrogens is 259 g/mol. The van der Waals surface area contributed by atoms with Crippen molar-refractivity contribution in [2.45, 2.75) is 13.3 Å². The summed E-state index contributed by atoms with van der Waals surface area (Å²) >= 11 is 0. The zero-order chi connectivity index (χ0) is 14.3. The summed E-state index contributed by atoms with van der Waals surface area (Å²) in [7, 11) is 1.81. The van der Waals surface area contributed by atoms with Crippen LogP contribution in [0.1, 0.15) is 17.5 Å². The van der Waals surface area contributed by atoms with E-state index in [4.69, 9.17) is 0 Å². The molecule has 0 saturated carbocycles. The Hall–Kier alpha value is -2.50. The molecule has 0 atom stereocenters. The van der Waals surface area contributed by atoms with E-state index in [2.05, 4.69) is 10.2 Å². The number of hydrogen-bond acceptors (Lipinski definition) is 3. The van der Waals surface area contributed by atoms with Crippen molar-refractivity contribution in [1.29, 1.82) is 0 Å². The number of carbonyl (C=O) groups is 1. The topological polar surface area (TPSA) is 50.5 Å². The van der Waals surface area contributed by atoms with E-state index in [0.29, 0.717) is 17.0 Å². The SMILES string of the molecule is Cc1cc(F)ccc1N1N=C(c2cnn(C)c2)CC1=O. The molecule has 1 aromatic heterocycles. The normalized spacial score (nSPS) is 14.8. The van der Waals surface area contributed by atoms with E-state index >= 15 is 0 Å². The lowest BCUT2D eigenvalue weighted by atomic mass is 10.1. The highest BCUT2D eigenvalue weighted by Crippen LogP contribution is 2.26. The second kappa shape index (κ2) is 4.56. The molecule has 0 unspecified atom stereocenters. The summed E-state index contributed by atoms with van der Waals surface area (Å²) in [6, 6.07) is 4.28. The highest BCUT2D eigenvalue weighted by Gasteiger charge is 2.27. The van der Waals surface area contributed by atoms with Gasteiger partial charge in [-0.05, 0) is 30.7 Å². The van der Waals surface area contributed by atoms with Crippen molar-refractivity contribution in [3.8, 4) is 0 Å². The summed E-state index contributed by atoms with van der Waals surface area (Å²) in [5, 5.41) is 9.74. The lowest BCUT2D eigenvalue weighted by molar-refractivity contribution is -0.116. The van der Waals surface area contributed by atoms with Gasteiger partial charge in [-0.3, -0.25) is 9.48 Å². The van der Waals surface area contributed by atoms with Crippen LogP contribution in [0, 0.1) is 12.7 Å². The Bertz CT molecular complexity index is 720. The van der Waals surface area contributed by atoms with E-state index in [1.54, 1.807) is 23.9 Å². The van der Waals surface area contributed by atoms with E-state index in [1.807, 2.05) is 13.2 Å². The van der Waals surface area contributed by atoms with Gasteiger partial charge in [-0.2, -0.15) is 15.2 Å². The fourth-order valence-electron chi connectivity index (χ4n) is 2.20. The standard InChI is InChI=1S/C14H13FN4O/c1-9-5-11(15)3-4-13(9)19-14(20)6-12(17-19)10-7-16-18(2)8-10/h3-5,7-8H,6H2,1-2H3. The minimum atomic E-state index is -0.325. The zero-order valence-corrected chi connectivity index (χ0v) is 11.2. The summed E-state index contributed by atoms with van der Waals surface area (Å²) in [6.07, 6.45) is 3.71. The number of aryl methyl sites for hydroxylation is 2. The molecule has 0 fully saturated rings. The number of hydrazone groups is 1. The third-order valence-corrected chi connectivity index (χ3v) is 3.20. The number of carbonyl (C=O) groups excluding carboxylic acids is 1. The molecule has 6 heteroatoms. The van der Waals surface area contributed by atoms with Crippen molar-refractivity contribution < 1.29 is 9.18 Å². The van der Waals surface area contributed by atoms with Gasteiger partial charge < -0.3 is 0 Å². The molecule has 1 aliphatic heterocycles. The number of hydrogen-bond donors (Lipinski definition) is 0. The summed E-state index contributed by atoms with van der Waals surface area (Å²) in [4.78, 5) is 12.1. The van der Waals surface area contributed by atoms with Crippen LogP contribution < -0.4 is 5.01 Å². The molecule has 1 aromatic carbocycles. The van der Waals surface area contributed by atoms with Crippen LogP contribution in [0.4, 0.5) is 10.1 Å². The Morgan fingerprint density at radius 2 is 2.15 bits per heavy atom. The lowest BCUT2D eigenvalue weighted by Crippen LogP contribution is -2.20. The molecule has 1 amide bonds. The lowest BCUT2D eigenvalue weighted by Gasteiger charge is -2.14. The average molecular weight is 272 g/mol. The molecule has 20 heavy (non-hydrogen) atoms. The molecule has 0 spiro atoms. The van der Waals surface area contributed by atoms with Gasteiger partial charge in [0.15, 0.2) is 0 Å². The highest BCUT2D eigenvalue weighted by atomic mass is 19.1. The summed E-state index contributed by atoms with van der Waals surface area (Å²) in [6.45, 7) is 1.75. The first-order valence-corrected chi connectivity index (χ1v) is 6.20. The second-order valence-electron chi connectivity index (χ2n) is 4.76. The van der Waals surface area contributed by atoms with Gasteiger partial charge in [0.25, 0.3) is 5.91 Å². The first-order chi connectivity index (χ1) is 9.54. The van der Waals surface area contributed by atoms with E-state index in [0.717, 1.165) is 5.56 Å². The maximum Gasteiger partial charge on any atom is 0.253 e. The first-order valence-electron chi connectivity index (χ1n) is 6.20. The minimum Gasteiger partial charge on any atom is -0.275 e. The summed E-state index contributed by atoms with van der Waals surface area (Å²) in [5.41, 5.74) is 2.78. The molecule has 1 aliphatic rings. The smallest absolute Gasteiger partial charge is 0.253 e. The van der Waals surface area contributed by atoms with Crippen LogP contribution in [0.5, 0.6) is 0 Å². The number of anilines is 1. The van der Waals surface area contributed by atoms with E-state index in [9.17, 15) is 9.18 Å². The maximum atomic E-state index is 13.1. The van der Waals surface area contributed by atoms with Gasteiger partial charge in [0, 0.05) is 18.8 Å². The number of nitrogens with zero attached hydrogens (tertiary/aromatic N) is 4. The van der Waals surface area contributed by atoms with Crippen molar-refractivity contribution >= 4 is 17.3 Å². The van der Waals surface area contributed by atoms with Crippen LogP contribution >= 0.6 is 0 Å². The molecule has 0 radical (unpaired) electrons. The van der Waals surface area contributed by atoms with Crippen LogP contribution in [-0.4, -0.2) is 21.4 Å². The number of rotatable bonds is 2. The fourth-order valence-corrected chi connectivity index (χ4v) is 2.20. The third kappa shape index (κ3) is 2.09. The molecule has 2 aromatic rings. The molecule has 0 bridgehead atoms. The van der Waals surface area contributed by atoms with Gasteiger partial charge >= 0.3 is 0 Å². The van der Waals surface area contributed by atoms with Crippen LogP contribution in [0.2, 0.25) is 0 Å². The van der Waals surface area contributed by atoms with Crippen molar-refractivity contribution in [1.82, 2.24) is 9.78 Å². The van der Waals surface area contributed by atoms with E-state index < -0.39 is 0 Å². The Morgan fingerprint density at radius 3 is 2.80 bits per heavy atom. The first kappa shape index (κ1) is 12.5. The second-order valence-corrected chi connectivity index (χ2v) is 4.76. The molecule has 0 aliphatic carbocycles. The Morgan fingerprint density at radius 1 is 1.35 bits per heavy atom. The van der Waals surface area contributed by atoms with Crippen LogP contribution in [0.15, 0.2) is 35.7 Å².